The van der Waals surface area contributed by atoms with Crippen molar-refractivity contribution < 1.29 is 0 Å². The van der Waals surface area contributed by atoms with Crippen LogP contribution in [0.25, 0.3) is 0 Å². The van der Waals surface area contributed by atoms with Gasteiger partial charge in [0.25, 0.3) is 0 Å². The van der Waals surface area contributed by atoms with Gasteiger partial charge in [-0.1, -0.05) is 11.6 Å². The first-order valence-corrected chi connectivity index (χ1v) is 7.53. The molecule has 0 nitrogen and oxygen atoms in total. The van der Waals surface area contributed by atoms with E-state index < -0.39 is 0 Å². The molecule has 0 radical (unpaired) electrons. The summed E-state index contributed by atoms with van der Waals surface area (Å²) in [7, 11) is 0. The van der Waals surface area contributed by atoms with Gasteiger partial charge >= 0.3 is 0 Å². The lowest BCUT2D eigenvalue weighted by Gasteiger charge is -2.70. The molecule has 7 saturated carbocycles. The Balaban J connectivity index is 1.70. The van der Waals surface area contributed by atoms with Gasteiger partial charge in [0.15, 0.2) is 0 Å². The lowest BCUT2D eigenvalue weighted by atomic mass is 9.35. The van der Waals surface area contributed by atoms with Gasteiger partial charge in [-0.2, -0.15) is 0 Å². The zero-order valence-corrected chi connectivity index (χ0v) is 10.2. The van der Waals surface area contributed by atoms with Crippen molar-refractivity contribution >= 4 is 0 Å². The third-order valence-electron chi connectivity index (χ3n) is 7.24. The van der Waals surface area contributed by atoms with Crippen molar-refractivity contribution in [2.75, 3.05) is 0 Å². The predicted molar refractivity (Wildman–Crippen MR) is 64.8 cm³/mol. The van der Waals surface area contributed by atoms with Gasteiger partial charge in [-0.05, 0) is 86.4 Å². The van der Waals surface area contributed by atoms with Gasteiger partial charge in [0.1, 0.15) is 0 Å². The van der Waals surface area contributed by atoms with E-state index in [0.29, 0.717) is 0 Å². The minimum atomic E-state index is 1.03. The molecular weight excluding hydrogens is 192 g/mol. The fourth-order valence-electron chi connectivity index (χ4n) is 7.16. The Bertz CT molecular complexity index is 355. The maximum absolute atomic E-state index is 2.52. The Hall–Kier alpha value is -0.260. The number of hydrogen-bond donors (Lipinski definition) is 0. The highest BCUT2D eigenvalue weighted by Crippen LogP contribution is 2.72. The number of allylic oxidation sites excluding steroid dienone is 2. The van der Waals surface area contributed by atoms with Gasteiger partial charge in [-0.15, -0.1) is 0 Å². The maximum atomic E-state index is 2.52. The highest BCUT2D eigenvalue weighted by molar-refractivity contribution is 5.27. The second kappa shape index (κ2) is 2.60. The highest BCUT2D eigenvalue weighted by atomic mass is 14.7. The normalized spacial score (nSPS) is 67.2. The largest absolute Gasteiger partial charge is 0.0879 e. The molecule has 4 atom stereocenters. The average Bonchev–Trinajstić information content (AvgIpc) is 2.33. The molecule has 4 unspecified atom stereocenters. The lowest BCUT2D eigenvalue weighted by Crippen LogP contribution is -2.63. The minimum absolute atomic E-state index is 1.03. The predicted octanol–water partition coefficient (Wildman–Crippen LogP) is 3.88. The molecule has 0 N–H and O–H groups in total. The van der Waals surface area contributed by atoms with E-state index in [0.717, 1.165) is 29.6 Å². The molecule has 16 heavy (non-hydrogen) atoms. The van der Waals surface area contributed by atoms with Gasteiger partial charge < -0.3 is 0 Å². The Labute approximate surface area is 98.5 Å². The molecule has 0 heterocycles. The summed E-state index contributed by atoms with van der Waals surface area (Å²) < 4.78 is 0. The second-order valence-electron chi connectivity index (χ2n) is 7.38. The molecule has 7 aliphatic rings. The van der Waals surface area contributed by atoms with E-state index in [1.54, 1.807) is 32.1 Å². The summed E-state index contributed by atoms with van der Waals surface area (Å²) >= 11 is 0. The van der Waals surface area contributed by atoms with E-state index in [1.165, 1.54) is 17.8 Å². The van der Waals surface area contributed by atoms with Gasteiger partial charge in [-0.25, -0.2) is 0 Å². The van der Waals surface area contributed by atoms with Gasteiger partial charge in [-0.3, -0.25) is 0 Å². The summed E-state index contributed by atoms with van der Waals surface area (Å²) in [5, 5.41) is 0. The van der Waals surface area contributed by atoms with Crippen LogP contribution in [0.15, 0.2) is 11.6 Å². The molecule has 0 aromatic heterocycles. The monoisotopic (exact) mass is 214 g/mol. The summed E-state index contributed by atoms with van der Waals surface area (Å²) in [4.78, 5) is 0. The summed E-state index contributed by atoms with van der Waals surface area (Å²) in [6.07, 6.45) is 10.5. The van der Waals surface area contributed by atoms with Crippen molar-refractivity contribution in [1.82, 2.24) is 0 Å². The third kappa shape index (κ3) is 0.772. The molecule has 0 spiro atoms. The molecule has 7 fully saturated rings. The van der Waals surface area contributed by atoms with Crippen LogP contribution in [0.2, 0.25) is 0 Å². The first-order valence-electron chi connectivity index (χ1n) is 7.53. The van der Waals surface area contributed by atoms with E-state index in [4.69, 9.17) is 0 Å². The number of rotatable bonds is 0. The van der Waals surface area contributed by atoms with E-state index >= 15 is 0 Å². The molecule has 0 saturated heterocycles. The average molecular weight is 214 g/mol. The Kier molecular flexibility index (Phi) is 1.42. The molecule has 7 aliphatic carbocycles. The summed E-state index contributed by atoms with van der Waals surface area (Å²) in [6.45, 7) is 2.31. The molecule has 86 valence electrons. The van der Waals surface area contributed by atoms with Crippen molar-refractivity contribution in [2.24, 2.45) is 47.3 Å². The smallest absolute Gasteiger partial charge is 0.0138 e. The van der Waals surface area contributed by atoms with Gasteiger partial charge in [0.2, 0.25) is 0 Å². The summed E-state index contributed by atoms with van der Waals surface area (Å²) in [6, 6.07) is 0. The molecule has 7 rings (SSSR count). The van der Waals surface area contributed by atoms with E-state index in [9.17, 15) is 0 Å². The fourth-order valence-corrected chi connectivity index (χ4v) is 7.16. The van der Waals surface area contributed by atoms with Crippen molar-refractivity contribution in [1.29, 1.82) is 0 Å². The van der Waals surface area contributed by atoms with Crippen LogP contribution in [-0.4, -0.2) is 0 Å². The van der Waals surface area contributed by atoms with Crippen LogP contribution < -0.4 is 0 Å². The first-order chi connectivity index (χ1) is 7.86. The Morgan fingerprint density at radius 3 is 2.00 bits per heavy atom. The van der Waals surface area contributed by atoms with Gasteiger partial charge in [0.05, 0.1) is 0 Å². The first kappa shape index (κ1) is 8.78. The van der Waals surface area contributed by atoms with Crippen molar-refractivity contribution in [3.8, 4) is 0 Å². The SMILES string of the molecule is C/C=C1/C2CC3C4CC5CC3C1C(C5)C4C2. The molecule has 0 aromatic rings. The molecule has 0 aromatic carbocycles. The zero-order valence-electron chi connectivity index (χ0n) is 10.2. The quantitative estimate of drug-likeness (QED) is 0.537. The summed E-state index contributed by atoms with van der Waals surface area (Å²) in [5.41, 5.74) is 1.92. The Morgan fingerprint density at radius 1 is 0.812 bits per heavy atom. The molecule has 0 heteroatoms. The molecular formula is C16H22. The lowest BCUT2D eigenvalue weighted by molar-refractivity contribution is -0.176. The van der Waals surface area contributed by atoms with Crippen LogP contribution in [0.4, 0.5) is 0 Å². The van der Waals surface area contributed by atoms with E-state index in [2.05, 4.69) is 13.0 Å². The van der Waals surface area contributed by atoms with Crippen LogP contribution in [0, 0.1) is 47.3 Å². The topological polar surface area (TPSA) is 0 Å². The molecule has 0 aliphatic heterocycles. The van der Waals surface area contributed by atoms with Crippen molar-refractivity contribution in [2.45, 2.75) is 39.0 Å². The van der Waals surface area contributed by atoms with Crippen molar-refractivity contribution in [3.05, 3.63) is 11.6 Å². The molecule has 8 bridgehead atoms. The van der Waals surface area contributed by atoms with Crippen molar-refractivity contribution in [3.63, 3.8) is 0 Å². The zero-order chi connectivity index (χ0) is 10.4. The summed E-state index contributed by atoms with van der Waals surface area (Å²) in [5.74, 6) is 9.06. The van der Waals surface area contributed by atoms with E-state index in [-0.39, 0.29) is 0 Å². The molecule has 0 amide bonds. The van der Waals surface area contributed by atoms with Crippen LogP contribution in [0.5, 0.6) is 0 Å². The third-order valence-corrected chi connectivity index (χ3v) is 7.24. The Morgan fingerprint density at radius 2 is 1.38 bits per heavy atom. The van der Waals surface area contributed by atoms with Crippen LogP contribution in [0.1, 0.15) is 39.0 Å². The van der Waals surface area contributed by atoms with Crippen LogP contribution in [0.3, 0.4) is 0 Å². The van der Waals surface area contributed by atoms with Gasteiger partial charge in [0, 0.05) is 0 Å². The van der Waals surface area contributed by atoms with E-state index in [1.807, 2.05) is 5.57 Å². The van der Waals surface area contributed by atoms with Crippen LogP contribution in [-0.2, 0) is 0 Å². The maximum Gasteiger partial charge on any atom is -0.0138 e. The number of hydrogen-bond acceptors (Lipinski definition) is 0. The standard InChI is InChI=1S/C16H22/c1-2-10-9-6-12-11-3-8-4-14(12)16(10)15(5-8)13(11)7-9/h2,8-9,11-16H,3-7H2,1H3/b10-2-. The van der Waals surface area contributed by atoms with Crippen LogP contribution >= 0.6 is 0 Å². The highest BCUT2D eigenvalue weighted by Gasteiger charge is 2.64. The minimum Gasteiger partial charge on any atom is -0.0879 e. The fraction of sp³-hybridized carbons (Fsp3) is 0.875. The second-order valence-corrected chi connectivity index (χ2v) is 7.38.